The summed E-state index contributed by atoms with van der Waals surface area (Å²) >= 11 is 0. The molecule has 10 nitrogen and oxygen atoms in total. The fourth-order valence-electron chi connectivity index (χ4n) is 2.89. The third-order valence-electron chi connectivity index (χ3n) is 4.34. The molecule has 0 aliphatic carbocycles. The summed E-state index contributed by atoms with van der Waals surface area (Å²) in [6, 6.07) is 6.72. The molecule has 0 spiro atoms. The summed E-state index contributed by atoms with van der Waals surface area (Å²) in [5.41, 5.74) is 1.52. The van der Waals surface area contributed by atoms with Crippen LogP contribution in [0.3, 0.4) is 0 Å². The number of aliphatic hydroxyl groups excluding tert-OH is 1. The van der Waals surface area contributed by atoms with Crippen LogP contribution < -0.4 is 5.32 Å². The molecule has 2 aromatic rings. The number of aromatic nitrogens is 1. The van der Waals surface area contributed by atoms with Crippen molar-refractivity contribution in [1.82, 2.24) is 9.88 Å². The van der Waals surface area contributed by atoms with Gasteiger partial charge in [-0.3, -0.25) is 4.79 Å². The van der Waals surface area contributed by atoms with E-state index in [1.165, 1.54) is 18.3 Å². The second kappa shape index (κ2) is 9.23. The average molecular weight is 415 g/mol. The molecular weight excluding hydrogens is 394 g/mol. The van der Waals surface area contributed by atoms with Crippen LogP contribution in [0.1, 0.15) is 17.4 Å². The highest BCUT2D eigenvalue weighted by molar-refractivity contribution is 6.08. The summed E-state index contributed by atoms with van der Waals surface area (Å²) in [7, 11) is 1.24. The van der Waals surface area contributed by atoms with Gasteiger partial charge in [-0.1, -0.05) is 0 Å². The Labute approximate surface area is 172 Å². The normalized spacial score (nSPS) is 13.6. The fourth-order valence-corrected chi connectivity index (χ4v) is 2.89. The van der Waals surface area contributed by atoms with Gasteiger partial charge in [-0.2, -0.15) is 0 Å². The lowest BCUT2D eigenvalue weighted by Crippen LogP contribution is -2.31. The molecule has 1 amide bonds. The Morgan fingerprint density at radius 3 is 2.63 bits per heavy atom. The van der Waals surface area contributed by atoms with Gasteiger partial charge in [0.15, 0.2) is 5.69 Å². The first kappa shape index (κ1) is 21.1. The maximum Gasteiger partial charge on any atom is 0.360 e. The Morgan fingerprint density at radius 1 is 1.27 bits per heavy atom. The van der Waals surface area contributed by atoms with E-state index in [0.29, 0.717) is 11.3 Å². The Balaban J connectivity index is 1.78. The highest BCUT2D eigenvalue weighted by Gasteiger charge is 2.34. The van der Waals surface area contributed by atoms with Gasteiger partial charge in [-0.15, -0.1) is 0 Å². The number of amides is 1. The first-order chi connectivity index (χ1) is 14.5. The zero-order valence-corrected chi connectivity index (χ0v) is 16.5. The molecule has 0 saturated heterocycles. The number of carbonyl (C=O) groups is 3. The third kappa shape index (κ3) is 4.33. The topological polar surface area (TPSA) is 131 Å². The van der Waals surface area contributed by atoms with E-state index < -0.39 is 17.8 Å². The molecule has 0 fully saturated rings. The van der Waals surface area contributed by atoms with E-state index in [1.807, 2.05) is 0 Å². The van der Waals surface area contributed by atoms with Crippen LogP contribution in [-0.2, 0) is 19.1 Å². The average Bonchev–Trinajstić information content (AvgIpc) is 3.35. The number of β-amino-alcohol motifs (C(OH)–C–C–N with tert-alkyl or cyclic N) is 1. The van der Waals surface area contributed by atoms with E-state index in [2.05, 4.69) is 10.3 Å². The number of oxazole rings is 1. The zero-order chi connectivity index (χ0) is 21.7. The monoisotopic (exact) mass is 415 g/mol. The Morgan fingerprint density at radius 2 is 2.00 bits per heavy atom. The van der Waals surface area contributed by atoms with Gasteiger partial charge in [0.05, 0.1) is 32.4 Å². The molecule has 2 N–H and O–H groups in total. The van der Waals surface area contributed by atoms with Crippen LogP contribution in [-0.4, -0.2) is 66.2 Å². The zero-order valence-electron chi connectivity index (χ0n) is 16.5. The molecule has 30 heavy (non-hydrogen) atoms. The first-order valence-corrected chi connectivity index (χ1v) is 9.20. The molecule has 1 aliphatic heterocycles. The predicted molar refractivity (Wildman–Crippen MR) is 104 cm³/mol. The van der Waals surface area contributed by atoms with Crippen LogP contribution in [0.5, 0.6) is 0 Å². The SMILES string of the molecule is CCOC(=O)c1coc(-c2ccc(NC3=C(C(=O)OC)CN(CCO)C3=O)cc2)n1. The van der Waals surface area contributed by atoms with Gasteiger partial charge in [-0.05, 0) is 31.2 Å². The van der Waals surface area contributed by atoms with Gasteiger partial charge in [0.25, 0.3) is 5.91 Å². The van der Waals surface area contributed by atoms with Crippen LogP contribution in [0.15, 0.2) is 46.2 Å². The van der Waals surface area contributed by atoms with Crippen LogP contribution in [0, 0.1) is 0 Å². The van der Waals surface area contributed by atoms with E-state index >= 15 is 0 Å². The van der Waals surface area contributed by atoms with Gasteiger partial charge in [-0.25, -0.2) is 14.6 Å². The van der Waals surface area contributed by atoms with Crippen molar-refractivity contribution in [2.45, 2.75) is 6.92 Å². The van der Waals surface area contributed by atoms with Crippen molar-refractivity contribution in [2.24, 2.45) is 0 Å². The number of methoxy groups -OCH3 is 1. The molecule has 1 aromatic heterocycles. The van der Waals surface area contributed by atoms with Gasteiger partial charge >= 0.3 is 11.9 Å². The van der Waals surface area contributed by atoms with Crippen LogP contribution in [0.25, 0.3) is 11.5 Å². The van der Waals surface area contributed by atoms with Gasteiger partial charge in [0.2, 0.25) is 5.89 Å². The second-order valence-electron chi connectivity index (χ2n) is 6.26. The number of hydrogen-bond acceptors (Lipinski definition) is 9. The molecule has 0 radical (unpaired) electrons. The number of hydrogen-bond donors (Lipinski definition) is 2. The highest BCUT2D eigenvalue weighted by atomic mass is 16.5. The largest absolute Gasteiger partial charge is 0.466 e. The molecule has 3 rings (SSSR count). The molecular formula is C20H21N3O7. The number of aliphatic hydroxyl groups is 1. The van der Waals surface area contributed by atoms with Crippen LogP contribution in [0.2, 0.25) is 0 Å². The number of carbonyl (C=O) groups excluding carboxylic acids is 3. The third-order valence-corrected chi connectivity index (χ3v) is 4.34. The smallest absolute Gasteiger partial charge is 0.360 e. The first-order valence-electron chi connectivity index (χ1n) is 9.20. The summed E-state index contributed by atoms with van der Waals surface area (Å²) in [5.74, 6) is -1.35. The number of ether oxygens (including phenoxy) is 2. The molecule has 1 aliphatic rings. The minimum atomic E-state index is -0.616. The van der Waals surface area contributed by atoms with E-state index in [1.54, 1.807) is 31.2 Å². The summed E-state index contributed by atoms with van der Waals surface area (Å²) in [6.45, 7) is 1.88. The van der Waals surface area contributed by atoms with Gasteiger partial charge in [0, 0.05) is 17.8 Å². The number of benzene rings is 1. The lowest BCUT2D eigenvalue weighted by molar-refractivity contribution is -0.136. The minimum absolute atomic E-state index is 0.0550. The van der Waals surface area contributed by atoms with E-state index in [9.17, 15) is 14.4 Å². The lowest BCUT2D eigenvalue weighted by Gasteiger charge is -2.15. The lowest BCUT2D eigenvalue weighted by atomic mass is 10.2. The quantitative estimate of drug-likeness (QED) is 0.610. The molecule has 1 aromatic carbocycles. The number of esters is 2. The van der Waals surface area contributed by atoms with E-state index in [4.69, 9.17) is 19.0 Å². The number of anilines is 1. The van der Waals surface area contributed by atoms with Crippen LogP contribution >= 0.6 is 0 Å². The summed E-state index contributed by atoms with van der Waals surface area (Å²) in [6.07, 6.45) is 1.22. The van der Waals surface area contributed by atoms with E-state index in [-0.39, 0.29) is 49.2 Å². The predicted octanol–water partition coefficient (Wildman–Crippen LogP) is 1.19. The second-order valence-corrected chi connectivity index (χ2v) is 6.26. The molecule has 0 saturated carbocycles. The van der Waals surface area contributed by atoms with E-state index in [0.717, 1.165) is 0 Å². The van der Waals surface area contributed by atoms with Gasteiger partial charge in [0.1, 0.15) is 12.0 Å². The number of rotatable bonds is 8. The molecule has 0 bridgehead atoms. The molecule has 2 heterocycles. The summed E-state index contributed by atoms with van der Waals surface area (Å²) in [4.78, 5) is 41.7. The molecule has 10 heteroatoms. The molecule has 0 unspecified atom stereocenters. The Kier molecular flexibility index (Phi) is 6.48. The van der Waals surface area contributed by atoms with Crippen molar-refractivity contribution in [3.63, 3.8) is 0 Å². The molecule has 0 atom stereocenters. The highest BCUT2D eigenvalue weighted by Crippen LogP contribution is 2.25. The van der Waals surface area contributed by atoms with Crippen LogP contribution in [0.4, 0.5) is 5.69 Å². The van der Waals surface area contributed by atoms with Crippen molar-refractivity contribution >= 4 is 23.5 Å². The summed E-state index contributed by atoms with van der Waals surface area (Å²) in [5, 5.41) is 12.1. The Hall–Kier alpha value is -3.66. The van der Waals surface area contributed by atoms with Crippen molar-refractivity contribution in [1.29, 1.82) is 0 Å². The molecule has 158 valence electrons. The number of nitrogens with one attached hydrogen (secondary N) is 1. The standard InChI is InChI=1S/C20H21N3O7/c1-3-29-20(27)15-11-30-17(22-15)12-4-6-13(7-5-12)21-16-14(19(26)28-2)10-23(8-9-24)18(16)25/h4-7,11,21,24H,3,8-10H2,1-2H3. The number of nitrogens with zero attached hydrogens (tertiary/aromatic N) is 2. The van der Waals surface area contributed by atoms with Crippen molar-refractivity contribution < 1.29 is 33.4 Å². The summed E-state index contributed by atoms with van der Waals surface area (Å²) < 4.78 is 15.0. The van der Waals surface area contributed by atoms with Crippen molar-refractivity contribution in [2.75, 3.05) is 38.7 Å². The van der Waals surface area contributed by atoms with Gasteiger partial charge < -0.3 is 29.2 Å². The van der Waals surface area contributed by atoms with Crippen molar-refractivity contribution in [3.8, 4) is 11.5 Å². The minimum Gasteiger partial charge on any atom is -0.466 e. The maximum absolute atomic E-state index is 12.6. The maximum atomic E-state index is 12.6. The Bertz CT molecular complexity index is 979. The fraction of sp³-hybridized carbons (Fsp3) is 0.300. The van der Waals surface area contributed by atoms with Crippen molar-refractivity contribution in [3.05, 3.63) is 47.5 Å².